The van der Waals surface area contributed by atoms with E-state index in [0.717, 1.165) is 30.4 Å². The van der Waals surface area contributed by atoms with E-state index in [-0.39, 0.29) is 21.2 Å². The van der Waals surface area contributed by atoms with Crippen molar-refractivity contribution in [1.29, 1.82) is 0 Å². The third kappa shape index (κ3) is 4.51. The fraction of sp³-hybridized carbons (Fsp3) is 0.476. The van der Waals surface area contributed by atoms with Crippen LogP contribution in [0, 0.1) is 11.0 Å². The summed E-state index contributed by atoms with van der Waals surface area (Å²) in [6, 6.07) is 2.27. The number of thiazole rings is 1. The van der Waals surface area contributed by atoms with Crippen molar-refractivity contribution in [3.05, 3.63) is 34.7 Å². The lowest BCUT2D eigenvalue weighted by Crippen LogP contribution is -2.30. The average molecular weight is 513 g/mol. The molecule has 0 spiro atoms. The zero-order valence-corrected chi connectivity index (χ0v) is 19.9. The normalized spacial score (nSPS) is 18.5. The molecule has 5 rings (SSSR count). The van der Waals surface area contributed by atoms with Crippen LogP contribution in [0.1, 0.15) is 38.1 Å². The van der Waals surface area contributed by atoms with Gasteiger partial charge in [-0.1, -0.05) is 22.9 Å². The lowest BCUT2D eigenvalue weighted by atomic mass is 9.92. The molecule has 1 aliphatic carbocycles. The highest BCUT2D eigenvalue weighted by Crippen LogP contribution is 2.39. The van der Waals surface area contributed by atoms with Gasteiger partial charge in [-0.3, -0.25) is 9.48 Å². The number of aromatic nitrogens is 3. The highest BCUT2D eigenvalue weighted by molar-refractivity contribution is 7.92. The molecule has 3 heterocycles. The number of carbonyl (C=O) groups excluding carboxylic acids is 1. The van der Waals surface area contributed by atoms with E-state index in [4.69, 9.17) is 16.3 Å². The second-order valence-corrected chi connectivity index (χ2v) is 12.0. The molecule has 1 unspecified atom stereocenters. The van der Waals surface area contributed by atoms with E-state index in [9.17, 15) is 17.6 Å². The number of nitrogens with one attached hydrogen (secondary N) is 1. The number of anilines is 1. The van der Waals surface area contributed by atoms with Crippen LogP contribution in [-0.4, -0.2) is 47.6 Å². The standard InChI is InChI=1S/C21H22ClFN4O4S2/c22-15-3-4-17(33(29,30)13-1-2-13)14-10-25-27(19(14)15)16(9-12-5-7-31-8-6-12)20(28)26-21-24-11-18(23)32-21/h3-4,10-13,16H,1-2,5-9H2,(H,24,26,28). The maximum atomic E-state index is 13.4. The number of nitrogens with zero attached hydrogens (tertiary/aromatic N) is 3. The lowest BCUT2D eigenvalue weighted by molar-refractivity contribution is -0.120. The van der Waals surface area contributed by atoms with E-state index in [1.165, 1.54) is 23.0 Å². The molecule has 2 fully saturated rings. The molecule has 0 bridgehead atoms. The maximum Gasteiger partial charge on any atom is 0.251 e. The molecule has 33 heavy (non-hydrogen) atoms. The van der Waals surface area contributed by atoms with Gasteiger partial charge in [-0.15, -0.1) is 0 Å². The molecular formula is C21H22ClFN4O4S2. The van der Waals surface area contributed by atoms with Crippen molar-refractivity contribution in [3.8, 4) is 0 Å². The molecule has 1 N–H and O–H groups in total. The van der Waals surface area contributed by atoms with Crippen molar-refractivity contribution in [2.45, 2.75) is 48.3 Å². The topological polar surface area (TPSA) is 103 Å². The van der Waals surface area contributed by atoms with Crippen LogP contribution in [0.15, 0.2) is 29.4 Å². The number of benzene rings is 1. The van der Waals surface area contributed by atoms with Gasteiger partial charge in [-0.05, 0) is 50.2 Å². The fourth-order valence-corrected chi connectivity index (χ4v) is 6.89. The van der Waals surface area contributed by atoms with Crippen LogP contribution >= 0.6 is 22.9 Å². The molecule has 1 atom stereocenters. The van der Waals surface area contributed by atoms with E-state index in [1.54, 1.807) is 0 Å². The van der Waals surface area contributed by atoms with Crippen LogP contribution in [0.3, 0.4) is 0 Å². The van der Waals surface area contributed by atoms with E-state index in [1.807, 2.05) is 0 Å². The van der Waals surface area contributed by atoms with Gasteiger partial charge < -0.3 is 10.1 Å². The van der Waals surface area contributed by atoms with Gasteiger partial charge in [0.05, 0.1) is 33.1 Å². The minimum atomic E-state index is -3.49. The minimum Gasteiger partial charge on any atom is -0.381 e. The third-order valence-corrected chi connectivity index (χ3v) is 9.47. The number of halogens is 2. The van der Waals surface area contributed by atoms with Gasteiger partial charge in [0.15, 0.2) is 20.1 Å². The number of rotatable bonds is 7. The molecule has 1 aliphatic heterocycles. The van der Waals surface area contributed by atoms with Crippen molar-refractivity contribution in [1.82, 2.24) is 14.8 Å². The van der Waals surface area contributed by atoms with E-state index in [2.05, 4.69) is 15.4 Å². The summed E-state index contributed by atoms with van der Waals surface area (Å²) in [5, 5.41) is 7.07. The van der Waals surface area contributed by atoms with Crippen molar-refractivity contribution in [2.75, 3.05) is 18.5 Å². The molecule has 2 aromatic heterocycles. The Kier molecular flexibility index (Phi) is 6.15. The minimum absolute atomic E-state index is 0.147. The van der Waals surface area contributed by atoms with Gasteiger partial charge in [-0.25, -0.2) is 13.4 Å². The van der Waals surface area contributed by atoms with Crippen LogP contribution in [0.5, 0.6) is 0 Å². The Morgan fingerprint density at radius 2 is 2.03 bits per heavy atom. The molecule has 12 heteroatoms. The Hall–Kier alpha value is -2.08. The summed E-state index contributed by atoms with van der Waals surface area (Å²) >= 11 is 7.24. The lowest BCUT2D eigenvalue weighted by Gasteiger charge is -2.26. The van der Waals surface area contributed by atoms with E-state index < -0.39 is 26.9 Å². The zero-order valence-electron chi connectivity index (χ0n) is 17.5. The summed E-state index contributed by atoms with van der Waals surface area (Å²) in [6.07, 6.45) is 5.83. The maximum absolute atomic E-state index is 13.4. The summed E-state index contributed by atoms with van der Waals surface area (Å²) in [6.45, 7) is 1.22. The fourth-order valence-electron chi connectivity index (χ4n) is 4.26. The predicted octanol–water partition coefficient (Wildman–Crippen LogP) is 4.22. The smallest absolute Gasteiger partial charge is 0.251 e. The van der Waals surface area contributed by atoms with Crippen LogP contribution in [-0.2, 0) is 19.4 Å². The van der Waals surface area contributed by atoms with Crippen LogP contribution in [0.4, 0.5) is 9.52 Å². The predicted molar refractivity (Wildman–Crippen MR) is 123 cm³/mol. The second-order valence-electron chi connectivity index (χ2n) is 8.41. The molecule has 1 amide bonds. The van der Waals surface area contributed by atoms with Gasteiger partial charge in [0.25, 0.3) is 5.91 Å². The number of amides is 1. The van der Waals surface area contributed by atoms with Crippen molar-refractivity contribution in [3.63, 3.8) is 0 Å². The van der Waals surface area contributed by atoms with E-state index in [0.29, 0.717) is 48.4 Å². The van der Waals surface area contributed by atoms with Gasteiger partial charge in [0.2, 0.25) is 0 Å². The summed E-state index contributed by atoms with van der Waals surface area (Å²) in [5.41, 5.74) is 0.399. The van der Waals surface area contributed by atoms with Crippen molar-refractivity contribution >= 4 is 54.7 Å². The first kappa shape index (κ1) is 22.7. The molecule has 3 aromatic rings. The second kappa shape index (κ2) is 8.94. The largest absolute Gasteiger partial charge is 0.381 e. The highest BCUT2D eigenvalue weighted by atomic mass is 35.5. The van der Waals surface area contributed by atoms with Gasteiger partial charge >= 0.3 is 0 Å². The zero-order chi connectivity index (χ0) is 23.2. The molecule has 176 valence electrons. The Morgan fingerprint density at radius 1 is 1.27 bits per heavy atom. The average Bonchev–Trinajstić information content (AvgIpc) is 3.45. The number of ether oxygens (including phenoxy) is 1. The first-order valence-electron chi connectivity index (χ1n) is 10.7. The SMILES string of the molecule is O=C(Nc1ncc(F)s1)C(CC1CCOCC1)n1ncc2c(S(=O)(=O)C3CC3)ccc(Cl)c21. The molecule has 1 saturated carbocycles. The third-order valence-electron chi connectivity index (χ3n) is 6.14. The number of carbonyl (C=O) groups is 1. The van der Waals surface area contributed by atoms with Crippen LogP contribution in [0.2, 0.25) is 5.02 Å². The number of hydrogen-bond donors (Lipinski definition) is 1. The van der Waals surface area contributed by atoms with Gasteiger partial charge in [0, 0.05) is 18.6 Å². The van der Waals surface area contributed by atoms with Crippen LogP contribution in [0.25, 0.3) is 10.9 Å². The van der Waals surface area contributed by atoms with Crippen molar-refractivity contribution in [2.24, 2.45) is 5.92 Å². The molecule has 0 radical (unpaired) electrons. The Balaban J connectivity index is 1.56. The number of hydrogen-bond acceptors (Lipinski definition) is 7. The molecule has 2 aliphatic rings. The Morgan fingerprint density at radius 3 is 2.70 bits per heavy atom. The van der Waals surface area contributed by atoms with E-state index >= 15 is 0 Å². The first-order chi connectivity index (χ1) is 15.8. The Labute approximate surface area is 199 Å². The van der Waals surface area contributed by atoms with Crippen molar-refractivity contribution < 1.29 is 22.3 Å². The molecule has 1 aromatic carbocycles. The summed E-state index contributed by atoms with van der Waals surface area (Å²) in [7, 11) is -3.49. The highest BCUT2D eigenvalue weighted by Gasteiger charge is 2.39. The van der Waals surface area contributed by atoms with Crippen LogP contribution < -0.4 is 5.32 Å². The number of fused-ring (bicyclic) bond motifs is 1. The first-order valence-corrected chi connectivity index (χ1v) is 13.5. The Bertz CT molecular complexity index is 1300. The summed E-state index contributed by atoms with van der Waals surface area (Å²) in [4.78, 5) is 17.4. The van der Waals surface area contributed by atoms with Gasteiger partial charge in [-0.2, -0.15) is 9.49 Å². The molecular weight excluding hydrogens is 491 g/mol. The summed E-state index contributed by atoms with van der Waals surface area (Å²) < 4.78 is 46.3. The quantitative estimate of drug-likeness (QED) is 0.508. The van der Waals surface area contributed by atoms with Gasteiger partial charge in [0.1, 0.15) is 6.04 Å². The number of sulfone groups is 1. The monoisotopic (exact) mass is 512 g/mol. The molecule has 8 nitrogen and oxygen atoms in total. The summed E-state index contributed by atoms with van der Waals surface area (Å²) in [5.74, 6) is -0.203. The molecule has 1 saturated heterocycles.